The molecule has 1 aliphatic carbocycles. The molecule has 0 saturated heterocycles. The van der Waals surface area contributed by atoms with Crippen molar-refractivity contribution in [3.05, 3.63) is 83.1 Å². The maximum absolute atomic E-state index is 14.6. The fourth-order valence-corrected chi connectivity index (χ4v) is 4.51. The molecule has 0 bridgehead atoms. The lowest BCUT2D eigenvalue weighted by Gasteiger charge is -2.33. The van der Waals surface area contributed by atoms with Crippen molar-refractivity contribution < 1.29 is 27.6 Å². The van der Waals surface area contributed by atoms with Crippen LogP contribution in [0.25, 0.3) is 0 Å². The predicted octanol–water partition coefficient (Wildman–Crippen LogP) is 4.09. The number of allylic oxidation sites excluding steroid dienone is 1. The van der Waals surface area contributed by atoms with Crippen LogP contribution in [0.1, 0.15) is 36.8 Å². The van der Waals surface area contributed by atoms with E-state index in [2.05, 4.69) is 0 Å². The molecule has 33 heavy (non-hydrogen) atoms. The zero-order valence-electron chi connectivity index (χ0n) is 17.8. The molecule has 1 unspecified atom stereocenters. The van der Waals surface area contributed by atoms with Crippen LogP contribution < -0.4 is 5.32 Å². The van der Waals surface area contributed by atoms with Gasteiger partial charge in [-0.15, -0.1) is 0 Å². The second-order valence-electron chi connectivity index (χ2n) is 8.26. The SMILES string of the molecule is O=C(CCc1ccccc1)NC1(C(F)(F)F)C(=O)N(Cc2ccccc2)C2=C1C(=O)CCC2. The van der Waals surface area contributed by atoms with Gasteiger partial charge < -0.3 is 10.2 Å². The van der Waals surface area contributed by atoms with Crippen LogP contribution in [0.3, 0.4) is 0 Å². The summed E-state index contributed by atoms with van der Waals surface area (Å²) in [5.74, 6) is -3.01. The number of benzene rings is 2. The highest BCUT2D eigenvalue weighted by Crippen LogP contribution is 2.48. The Hall–Kier alpha value is -3.42. The molecular weight excluding hydrogens is 433 g/mol. The topological polar surface area (TPSA) is 66.5 Å². The van der Waals surface area contributed by atoms with Gasteiger partial charge in [-0.1, -0.05) is 60.7 Å². The highest BCUT2D eigenvalue weighted by Gasteiger charge is 2.70. The van der Waals surface area contributed by atoms with Gasteiger partial charge in [-0.25, -0.2) is 0 Å². The summed E-state index contributed by atoms with van der Waals surface area (Å²) in [6.45, 7) is -0.108. The second-order valence-corrected chi connectivity index (χ2v) is 8.26. The predicted molar refractivity (Wildman–Crippen MR) is 115 cm³/mol. The van der Waals surface area contributed by atoms with Crippen molar-refractivity contribution in [3.8, 4) is 0 Å². The molecule has 1 N–H and O–H groups in total. The quantitative estimate of drug-likeness (QED) is 0.712. The van der Waals surface area contributed by atoms with E-state index in [4.69, 9.17) is 0 Å². The van der Waals surface area contributed by atoms with Crippen molar-refractivity contribution in [1.29, 1.82) is 0 Å². The molecule has 0 radical (unpaired) electrons. The number of rotatable bonds is 6. The number of aryl methyl sites for hydroxylation is 1. The molecule has 0 fully saturated rings. The Balaban J connectivity index is 1.69. The number of nitrogens with zero attached hydrogens (tertiary/aromatic N) is 1. The minimum atomic E-state index is -5.18. The molecule has 172 valence electrons. The number of halogens is 3. The third kappa shape index (κ3) is 4.17. The average molecular weight is 456 g/mol. The van der Waals surface area contributed by atoms with Gasteiger partial charge in [0.15, 0.2) is 5.78 Å². The summed E-state index contributed by atoms with van der Waals surface area (Å²) in [5, 5.41) is 1.96. The van der Waals surface area contributed by atoms with E-state index in [0.717, 1.165) is 10.5 Å². The van der Waals surface area contributed by atoms with Crippen LogP contribution in [-0.2, 0) is 27.3 Å². The molecule has 2 aromatic rings. The van der Waals surface area contributed by atoms with Crippen molar-refractivity contribution in [1.82, 2.24) is 10.2 Å². The van der Waals surface area contributed by atoms with E-state index in [1.54, 1.807) is 60.7 Å². The average Bonchev–Trinajstić information content (AvgIpc) is 3.03. The molecule has 2 aliphatic rings. The highest BCUT2D eigenvalue weighted by molar-refractivity contribution is 6.13. The molecule has 0 spiro atoms. The van der Waals surface area contributed by atoms with Gasteiger partial charge in [-0.3, -0.25) is 14.4 Å². The largest absolute Gasteiger partial charge is 0.425 e. The standard InChI is InChI=1S/C25H23F3N2O3/c26-25(27,28)24(29-21(32)15-14-17-8-3-1-4-9-17)22-19(12-7-13-20(22)31)30(23(24)33)16-18-10-5-2-6-11-18/h1-6,8-11H,7,12-16H2,(H,29,32). The first-order valence-electron chi connectivity index (χ1n) is 10.8. The number of Topliss-reactive ketones (excluding diaryl/α,β-unsaturated/α-hetero) is 1. The fraction of sp³-hybridized carbons (Fsp3) is 0.320. The van der Waals surface area contributed by atoms with Crippen molar-refractivity contribution in [2.45, 2.75) is 50.4 Å². The highest BCUT2D eigenvalue weighted by atomic mass is 19.4. The lowest BCUT2D eigenvalue weighted by atomic mass is 9.82. The van der Waals surface area contributed by atoms with Crippen molar-refractivity contribution in [2.24, 2.45) is 0 Å². The number of nitrogens with one attached hydrogen (secondary N) is 1. The maximum atomic E-state index is 14.6. The fourth-order valence-electron chi connectivity index (χ4n) is 4.51. The number of carbonyl (C=O) groups is 3. The van der Waals surface area contributed by atoms with Crippen LogP contribution in [0.2, 0.25) is 0 Å². The van der Waals surface area contributed by atoms with Crippen molar-refractivity contribution >= 4 is 17.6 Å². The van der Waals surface area contributed by atoms with E-state index in [1.807, 2.05) is 5.32 Å². The third-order valence-electron chi connectivity index (χ3n) is 6.07. The maximum Gasteiger partial charge on any atom is 0.425 e. The Morgan fingerprint density at radius 3 is 2.15 bits per heavy atom. The van der Waals surface area contributed by atoms with Gasteiger partial charge in [0.1, 0.15) is 0 Å². The zero-order valence-corrected chi connectivity index (χ0v) is 17.8. The molecule has 1 atom stereocenters. The molecule has 2 aromatic carbocycles. The molecule has 2 amide bonds. The molecule has 5 nitrogen and oxygen atoms in total. The summed E-state index contributed by atoms with van der Waals surface area (Å²) in [6.07, 6.45) is -4.79. The number of hydrogen-bond donors (Lipinski definition) is 1. The number of carbonyl (C=O) groups excluding carboxylic acids is 3. The van der Waals surface area contributed by atoms with Gasteiger partial charge in [0.05, 0.1) is 12.1 Å². The first-order chi connectivity index (χ1) is 15.7. The Morgan fingerprint density at radius 2 is 1.55 bits per heavy atom. The number of hydrogen-bond acceptors (Lipinski definition) is 3. The number of amides is 2. The van der Waals surface area contributed by atoms with E-state index in [1.165, 1.54) is 0 Å². The van der Waals surface area contributed by atoms with Crippen molar-refractivity contribution in [2.75, 3.05) is 0 Å². The summed E-state index contributed by atoms with van der Waals surface area (Å²) in [6, 6.07) is 17.5. The summed E-state index contributed by atoms with van der Waals surface area (Å²) in [7, 11) is 0. The molecule has 1 aliphatic heterocycles. The molecule has 0 saturated carbocycles. The Morgan fingerprint density at radius 1 is 0.939 bits per heavy atom. The number of ketones is 1. The van der Waals surface area contributed by atoms with Crippen LogP contribution >= 0.6 is 0 Å². The Labute approximate surface area is 189 Å². The van der Waals surface area contributed by atoms with Crippen LogP contribution in [0.5, 0.6) is 0 Å². The number of alkyl halides is 3. The minimum absolute atomic E-state index is 0.0563. The monoisotopic (exact) mass is 456 g/mol. The molecular formula is C25H23F3N2O3. The smallest absolute Gasteiger partial charge is 0.330 e. The van der Waals surface area contributed by atoms with Crippen molar-refractivity contribution in [3.63, 3.8) is 0 Å². The molecule has 8 heteroatoms. The van der Waals surface area contributed by atoms with E-state index < -0.39 is 34.9 Å². The minimum Gasteiger partial charge on any atom is -0.330 e. The zero-order chi connectivity index (χ0) is 23.6. The van der Waals surface area contributed by atoms with E-state index >= 15 is 0 Å². The second kappa shape index (κ2) is 8.84. The molecule has 1 heterocycles. The van der Waals surface area contributed by atoms with Crippen LogP contribution in [0.4, 0.5) is 13.2 Å². The lowest BCUT2D eigenvalue weighted by molar-refractivity contribution is -0.194. The molecule has 4 rings (SSSR count). The van der Waals surface area contributed by atoms with Crippen LogP contribution in [0.15, 0.2) is 71.9 Å². The summed E-state index contributed by atoms with van der Waals surface area (Å²) < 4.78 is 43.8. The first kappa shape index (κ1) is 22.8. The van der Waals surface area contributed by atoms with Gasteiger partial charge in [0, 0.05) is 18.5 Å². The van der Waals surface area contributed by atoms with Crippen LogP contribution in [0, 0.1) is 0 Å². The van der Waals surface area contributed by atoms with Gasteiger partial charge in [-0.05, 0) is 30.4 Å². The third-order valence-corrected chi connectivity index (χ3v) is 6.07. The summed E-state index contributed by atoms with van der Waals surface area (Å²) >= 11 is 0. The van der Waals surface area contributed by atoms with Gasteiger partial charge in [0.25, 0.3) is 5.91 Å². The Kier molecular flexibility index (Phi) is 6.10. The molecule has 0 aromatic heterocycles. The van der Waals surface area contributed by atoms with E-state index in [-0.39, 0.29) is 37.9 Å². The van der Waals surface area contributed by atoms with Crippen LogP contribution in [-0.4, -0.2) is 34.2 Å². The van der Waals surface area contributed by atoms with E-state index in [0.29, 0.717) is 12.0 Å². The normalized spacial score (nSPS) is 20.8. The lowest BCUT2D eigenvalue weighted by Crippen LogP contribution is -2.66. The summed E-state index contributed by atoms with van der Waals surface area (Å²) in [4.78, 5) is 39.9. The van der Waals surface area contributed by atoms with Gasteiger partial charge in [0.2, 0.25) is 11.4 Å². The van der Waals surface area contributed by atoms with Gasteiger partial charge >= 0.3 is 6.18 Å². The Bertz CT molecular complexity index is 1100. The summed E-state index contributed by atoms with van der Waals surface area (Å²) in [5.41, 5.74) is -2.52. The van der Waals surface area contributed by atoms with Gasteiger partial charge in [-0.2, -0.15) is 13.2 Å². The van der Waals surface area contributed by atoms with E-state index in [9.17, 15) is 27.6 Å². The first-order valence-corrected chi connectivity index (χ1v) is 10.8.